The van der Waals surface area contributed by atoms with Crippen LogP contribution in [-0.4, -0.2) is 46.1 Å². The van der Waals surface area contributed by atoms with E-state index in [1.165, 1.54) is 0 Å². The van der Waals surface area contributed by atoms with Gasteiger partial charge in [-0.2, -0.15) is 0 Å². The summed E-state index contributed by atoms with van der Waals surface area (Å²) < 4.78 is 6.10. The zero-order valence-corrected chi connectivity index (χ0v) is 21.8. The highest BCUT2D eigenvalue weighted by atomic mass is 16.3. The van der Waals surface area contributed by atoms with Crippen LogP contribution in [0.1, 0.15) is 54.8 Å². The molecule has 5 rings (SSSR count). The second kappa shape index (κ2) is 10.7. The van der Waals surface area contributed by atoms with Gasteiger partial charge in [-0.3, -0.25) is 4.79 Å². The first-order valence-electron chi connectivity index (χ1n) is 13.0. The molecular weight excluding hydrogens is 480 g/mol. The number of carbonyl (C=O) groups excluding carboxylic acids is 2. The van der Waals surface area contributed by atoms with Gasteiger partial charge in [-0.1, -0.05) is 36.4 Å². The molecule has 0 saturated carbocycles. The van der Waals surface area contributed by atoms with Crippen molar-refractivity contribution in [2.75, 3.05) is 13.2 Å². The van der Waals surface area contributed by atoms with Crippen LogP contribution < -0.4 is 10.6 Å². The van der Waals surface area contributed by atoms with E-state index in [4.69, 9.17) is 9.40 Å². The Balaban J connectivity index is 1.64. The van der Waals surface area contributed by atoms with Crippen molar-refractivity contribution in [3.05, 3.63) is 77.5 Å². The van der Waals surface area contributed by atoms with E-state index in [0.29, 0.717) is 30.9 Å². The SMILES string of the molecule is CCNC(=O)c1cc2c(c(-c3cccc(-c4cc5ccccc5o4)c3)n1)[C@H](CCO)N(C(=O)NC(C)C)C2. The molecule has 0 radical (unpaired) electrons. The number of furan rings is 1. The average molecular weight is 513 g/mol. The summed E-state index contributed by atoms with van der Waals surface area (Å²) in [5.41, 5.74) is 5.11. The van der Waals surface area contributed by atoms with Crippen molar-refractivity contribution in [3.63, 3.8) is 0 Å². The number of rotatable bonds is 7. The van der Waals surface area contributed by atoms with Gasteiger partial charge < -0.3 is 25.1 Å². The molecular formula is C30H32N4O4. The summed E-state index contributed by atoms with van der Waals surface area (Å²) in [5.74, 6) is 0.461. The van der Waals surface area contributed by atoms with Crippen LogP contribution in [0, 0.1) is 0 Å². The number of carbonyl (C=O) groups is 2. The molecule has 1 aliphatic rings. The molecule has 3 N–H and O–H groups in total. The molecule has 0 bridgehead atoms. The van der Waals surface area contributed by atoms with E-state index >= 15 is 0 Å². The van der Waals surface area contributed by atoms with Gasteiger partial charge in [0.15, 0.2) is 0 Å². The van der Waals surface area contributed by atoms with Gasteiger partial charge in [0.1, 0.15) is 17.0 Å². The van der Waals surface area contributed by atoms with Gasteiger partial charge in [0.2, 0.25) is 0 Å². The first-order chi connectivity index (χ1) is 18.4. The fraction of sp³-hybridized carbons (Fsp3) is 0.300. The summed E-state index contributed by atoms with van der Waals surface area (Å²) in [6, 6.07) is 18.8. The predicted molar refractivity (Wildman–Crippen MR) is 147 cm³/mol. The third-order valence-electron chi connectivity index (χ3n) is 6.69. The van der Waals surface area contributed by atoms with Crippen LogP contribution in [0.2, 0.25) is 0 Å². The van der Waals surface area contributed by atoms with Gasteiger partial charge in [-0.25, -0.2) is 9.78 Å². The largest absolute Gasteiger partial charge is 0.456 e. The normalized spacial score (nSPS) is 14.7. The van der Waals surface area contributed by atoms with E-state index in [0.717, 1.165) is 39.0 Å². The lowest BCUT2D eigenvalue weighted by atomic mass is 9.94. The number of aliphatic hydroxyl groups excluding tert-OH is 1. The number of benzene rings is 2. The maximum atomic E-state index is 13.1. The van der Waals surface area contributed by atoms with Crippen LogP contribution in [0.4, 0.5) is 4.79 Å². The minimum atomic E-state index is -0.380. The fourth-order valence-electron chi connectivity index (χ4n) is 5.06. The van der Waals surface area contributed by atoms with E-state index in [1.54, 1.807) is 11.0 Å². The number of nitrogens with one attached hydrogen (secondary N) is 2. The maximum absolute atomic E-state index is 13.1. The Morgan fingerprint density at radius 3 is 2.63 bits per heavy atom. The minimum Gasteiger partial charge on any atom is -0.456 e. The third kappa shape index (κ3) is 4.87. The number of amides is 3. The van der Waals surface area contributed by atoms with Gasteiger partial charge in [0.05, 0.1) is 11.7 Å². The standard InChI is InChI=1S/C30H32N4O4/c1-4-31-29(36)23-15-22-17-34(30(37)32-18(2)3)24(12-13-35)27(22)28(33-23)21-10-7-9-19(14-21)26-16-20-8-5-6-11-25(20)38-26/h5-11,14-16,18,24,35H,4,12-13,17H2,1-3H3,(H,31,36)(H,32,37)/t24-/m0/s1. The van der Waals surface area contributed by atoms with Crippen molar-refractivity contribution in [1.82, 2.24) is 20.5 Å². The van der Waals surface area contributed by atoms with Crippen LogP contribution in [-0.2, 0) is 6.54 Å². The molecule has 4 aromatic rings. The van der Waals surface area contributed by atoms with Crippen molar-refractivity contribution in [3.8, 4) is 22.6 Å². The highest BCUT2D eigenvalue weighted by Crippen LogP contribution is 2.42. The average Bonchev–Trinajstić information content (AvgIpc) is 3.50. The van der Waals surface area contributed by atoms with Gasteiger partial charge in [-0.15, -0.1) is 0 Å². The van der Waals surface area contributed by atoms with Crippen molar-refractivity contribution < 1.29 is 19.1 Å². The quantitative estimate of drug-likeness (QED) is 0.313. The summed E-state index contributed by atoms with van der Waals surface area (Å²) in [5, 5.41) is 16.7. The lowest BCUT2D eigenvalue weighted by Gasteiger charge is -2.26. The van der Waals surface area contributed by atoms with Crippen LogP contribution in [0.15, 0.2) is 65.1 Å². The lowest BCUT2D eigenvalue weighted by molar-refractivity contribution is 0.0950. The number of pyridine rings is 1. The summed E-state index contributed by atoms with van der Waals surface area (Å²) in [6.07, 6.45) is 0.358. The first-order valence-corrected chi connectivity index (χ1v) is 13.0. The molecule has 8 nitrogen and oxygen atoms in total. The molecule has 2 aromatic heterocycles. The zero-order valence-electron chi connectivity index (χ0n) is 21.8. The molecule has 0 saturated heterocycles. The third-order valence-corrected chi connectivity index (χ3v) is 6.69. The summed E-state index contributed by atoms with van der Waals surface area (Å²) >= 11 is 0. The predicted octanol–water partition coefficient (Wildman–Crippen LogP) is 5.27. The Morgan fingerprint density at radius 2 is 1.89 bits per heavy atom. The molecule has 38 heavy (non-hydrogen) atoms. The highest BCUT2D eigenvalue weighted by Gasteiger charge is 2.37. The Hall–Kier alpha value is -4.17. The molecule has 0 aliphatic carbocycles. The number of urea groups is 1. The molecule has 0 unspecified atom stereocenters. The van der Waals surface area contributed by atoms with E-state index in [1.807, 2.05) is 75.4 Å². The van der Waals surface area contributed by atoms with E-state index in [9.17, 15) is 14.7 Å². The zero-order chi connectivity index (χ0) is 26.8. The number of para-hydroxylation sites is 1. The molecule has 0 fully saturated rings. The minimum absolute atomic E-state index is 0.0371. The van der Waals surface area contributed by atoms with Crippen LogP contribution >= 0.6 is 0 Å². The molecule has 196 valence electrons. The van der Waals surface area contributed by atoms with Crippen LogP contribution in [0.5, 0.6) is 0 Å². The van der Waals surface area contributed by atoms with Gasteiger partial charge in [-0.05, 0) is 57.0 Å². The van der Waals surface area contributed by atoms with Crippen molar-refractivity contribution in [2.45, 2.75) is 45.8 Å². The number of hydrogen-bond acceptors (Lipinski definition) is 5. The number of hydrogen-bond donors (Lipinski definition) is 3. The van der Waals surface area contributed by atoms with Crippen LogP contribution in [0.25, 0.3) is 33.6 Å². The number of fused-ring (bicyclic) bond motifs is 2. The summed E-state index contributed by atoms with van der Waals surface area (Å²) in [7, 11) is 0. The molecule has 3 amide bonds. The molecule has 0 spiro atoms. The Kier molecular flexibility index (Phi) is 7.15. The Labute approximate surface area is 221 Å². The Bertz CT molecular complexity index is 1460. The molecule has 1 atom stereocenters. The number of aliphatic hydroxyl groups is 1. The summed E-state index contributed by atoms with van der Waals surface area (Å²) in [4.78, 5) is 32.5. The molecule has 1 aliphatic heterocycles. The second-order valence-electron chi connectivity index (χ2n) is 9.78. The van der Waals surface area contributed by atoms with E-state index in [2.05, 4.69) is 10.6 Å². The van der Waals surface area contributed by atoms with Crippen molar-refractivity contribution in [1.29, 1.82) is 0 Å². The smallest absolute Gasteiger partial charge is 0.318 e. The molecule has 8 heteroatoms. The fourth-order valence-corrected chi connectivity index (χ4v) is 5.06. The molecule has 2 aromatic carbocycles. The summed E-state index contributed by atoms with van der Waals surface area (Å²) in [6.45, 7) is 6.39. The monoisotopic (exact) mass is 512 g/mol. The second-order valence-corrected chi connectivity index (χ2v) is 9.78. The highest BCUT2D eigenvalue weighted by molar-refractivity contribution is 5.94. The van der Waals surface area contributed by atoms with Crippen LogP contribution in [0.3, 0.4) is 0 Å². The molecule has 3 heterocycles. The van der Waals surface area contributed by atoms with E-state index in [-0.39, 0.29) is 30.6 Å². The number of aromatic nitrogens is 1. The first kappa shape index (κ1) is 25.5. The topological polar surface area (TPSA) is 108 Å². The Morgan fingerprint density at radius 1 is 1.11 bits per heavy atom. The van der Waals surface area contributed by atoms with Crippen molar-refractivity contribution in [2.24, 2.45) is 0 Å². The maximum Gasteiger partial charge on any atom is 0.318 e. The van der Waals surface area contributed by atoms with Gasteiger partial charge in [0.25, 0.3) is 5.91 Å². The van der Waals surface area contributed by atoms with Gasteiger partial charge in [0, 0.05) is 47.8 Å². The van der Waals surface area contributed by atoms with E-state index < -0.39 is 0 Å². The lowest BCUT2D eigenvalue weighted by Crippen LogP contribution is -2.42. The van der Waals surface area contributed by atoms with Crippen molar-refractivity contribution >= 4 is 22.9 Å². The van der Waals surface area contributed by atoms with Gasteiger partial charge >= 0.3 is 6.03 Å². The number of nitrogens with zero attached hydrogens (tertiary/aromatic N) is 2.